The van der Waals surface area contributed by atoms with Gasteiger partial charge in [0.05, 0.1) is 11.3 Å². The van der Waals surface area contributed by atoms with Crippen molar-refractivity contribution in [3.63, 3.8) is 0 Å². The Hall–Kier alpha value is -1.60. The van der Waals surface area contributed by atoms with Crippen LogP contribution in [0.25, 0.3) is 0 Å². The molecule has 106 valence electrons. The molecule has 0 heterocycles. The van der Waals surface area contributed by atoms with E-state index >= 15 is 0 Å². The number of phenols is 1. The summed E-state index contributed by atoms with van der Waals surface area (Å²) in [6.45, 7) is 6.00. The van der Waals surface area contributed by atoms with Gasteiger partial charge in [-0.05, 0) is 26.3 Å². The van der Waals surface area contributed by atoms with E-state index in [0.29, 0.717) is 19.4 Å². The fraction of sp³-hybridized carbons (Fsp3) is 0.417. The van der Waals surface area contributed by atoms with E-state index < -0.39 is 10.1 Å². The largest absolute Gasteiger partial charge is 0.507 e. The quantitative estimate of drug-likeness (QED) is 0.631. The molecule has 0 aromatic heterocycles. The topological polar surface area (TPSA) is 94.9 Å². The third-order valence-corrected chi connectivity index (χ3v) is 4.04. The number of hydrogen-bond acceptors (Lipinski definition) is 5. The van der Waals surface area contributed by atoms with Gasteiger partial charge in [-0.2, -0.15) is 8.42 Å². The average Bonchev–Trinajstić information content (AvgIpc) is 2.28. The van der Waals surface area contributed by atoms with Crippen molar-refractivity contribution in [2.75, 3.05) is 18.0 Å². The summed E-state index contributed by atoms with van der Waals surface area (Å²) in [5.74, 6) is -0.304. The fourth-order valence-corrected chi connectivity index (χ4v) is 3.00. The molecule has 2 N–H and O–H groups in total. The number of carbonyl (C=O) groups excluding carboxylic acids is 1. The Labute approximate surface area is 112 Å². The molecule has 1 rings (SSSR count). The molecule has 0 amide bonds. The van der Waals surface area contributed by atoms with Crippen molar-refractivity contribution >= 4 is 22.1 Å². The van der Waals surface area contributed by atoms with Gasteiger partial charge in [-0.3, -0.25) is 9.35 Å². The normalized spacial score (nSPS) is 11.4. The third kappa shape index (κ3) is 2.87. The summed E-state index contributed by atoms with van der Waals surface area (Å²) in [5, 5.41) is 9.77. The second kappa shape index (κ2) is 5.58. The number of benzene rings is 1. The maximum atomic E-state index is 11.5. The lowest BCUT2D eigenvalue weighted by Gasteiger charge is -2.25. The summed E-state index contributed by atoms with van der Waals surface area (Å²) in [7, 11) is -4.49. The summed E-state index contributed by atoms with van der Waals surface area (Å²) in [6, 6.07) is 1.19. The predicted octanol–water partition coefficient (Wildman–Crippen LogP) is 1.61. The molecule has 0 radical (unpaired) electrons. The number of aromatic hydroxyl groups is 1. The van der Waals surface area contributed by atoms with Crippen LogP contribution in [0.2, 0.25) is 0 Å². The summed E-state index contributed by atoms with van der Waals surface area (Å²) >= 11 is 0. The van der Waals surface area contributed by atoms with Crippen molar-refractivity contribution < 1.29 is 22.9 Å². The summed E-state index contributed by atoms with van der Waals surface area (Å²) in [6.07, 6.45) is 0.366. The van der Waals surface area contributed by atoms with Crippen LogP contribution in [0.1, 0.15) is 29.8 Å². The lowest BCUT2D eigenvalue weighted by Crippen LogP contribution is -2.24. The van der Waals surface area contributed by atoms with E-state index in [0.717, 1.165) is 0 Å². The van der Waals surface area contributed by atoms with Gasteiger partial charge in [0.1, 0.15) is 10.6 Å². The highest BCUT2D eigenvalue weighted by molar-refractivity contribution is 7.86. The first-order valence-electron chi connectivity index (χ1n) is 5.82. The smallest absolute Gasteiger partial charge is 0.296 e. The van der Waals surface area contributed by atoms with Crippen LogP contribution in [0.15, 0.2) is 11.0 Å². The SMILES string of the molecule is CCN(CC)c1cc(O)c(C=O)c(C)c1S(=O)(=O)O. The Morgan fingerprint density at radius 1 is 1.32 bits per heavy atom. The highest BCUT2D eigenvalue weighted by atomic mass is 32.2. The van der Waals surface area contributed by atoms with Crippen molar-refractivity contribution in [2.45, 2.75) is 25.7 Å². The monoisotopic (exact) mass is 287 g/mol. The minimum absolute atomic E-state index is 0.0411. The van der Waals surface area contributed by atoms with E-state index in [1.165, 1.54) is 13.0 Å². The molecule has 0 atom stereocenters. The standard InChI is InChI=1S/C12H17NO5S/c1-4-13(5-2)10-6-11(15)9(7-14)8(3)12(10)19(16,17)18/h6-7,15H,4-5H2,1-3H3,(H,16,17,18). The van der Waals surface area contributed by atoms with Crippen molar-refractivity contribution in [1.29, 1.82) is 0 Å². The molecule has 0 saturated heterocycles. The average molecular weight is 287 g/mol. The number of phenolic OH excluding ortho intramolecular Hbond substituents is 1. The number of carbonyl (C=O) groups is 1. The van der Waals surface area contributed by atoms with Crippen LogP contribution in [-0.2, 0) is 10.1 Å². The second-order valence-electron chi connectivity index (χ2n) is 4.05. The molecule has 1 aromatic rings. The van der Waals surface area contributed by atoms with E-state index in [9.17, 15) is 22.9 Å². The van der Waals surface area contributed by atoms with Gasteiger partial charge in [0.25, 0.3) is 10.1 Å². The second-order valence-corrected chi connectivity index (χ2v) is 5.41. The van der Waals surface area contributed by atoms with E-state index in [4.69, 9.17) is 0 Å². The Morgan fingerprint density at radius 3 is 2.21 bits per heavy atom. The Morgan fingerprint density at radius 2 is 1.84 bits per heavy atom. The van der Waals surface area contributed by atoms with Crippen LogP contribution in [-0.4, -0.2) is 37.5 Å². The zero-order valence-corrected chi connectivity index (χ0v) is 11.9. The van der Waals surface area contributed by atoms with E-state index in [-0.39, 0.29) is 27.5 Å². The van der Waals surface area contributed by atoms with Crippen molar-refractivity contribution in [3.8, 4) is 5.75 Å². The van der Waals surface area contributed by atoms with Crippen LogP contribution in [0, 0.1) is 6.92 Å². The molecule has 0 aliphatic heterocycles. The van der Waals surface area contributed by atoms with Crippen LogP contribution in [0.5, 0.6) is 5.75 Å². The van der Waals surface area contributed by atoms with E-state index in [1.54, 1.807) is 4.90 Å². The predicted molar refractivity (Wildman–Crippen MR) is 71.6 cm³/mol. The Bertz CT molecular complexity index is 591. The summed E-state index contributed by atoms with van der Waals surface area (Å²) < 4.78 is 32.4. The maximum absolute atomic E-state index is 11.5. The molecule has 0 aliphatic carbocycles. The van der Waals surface area contributed by atoms with Gasteiger partial charge in [-0.15, -0.1) is 0 Å². The van der Waals surface area contributed by atoms with Gasteiger partial charge >= 0.3 is 0 Å². The Balaban J connectivity index is 3.77. The molecular weight excluding hydrogens is 270 g/mol. The molecule has 19 heavy (non-hydrogen) atoms. The van der Waals surface area contributed by atoms with Crippen LogP contribution in [0.4, 0.5) is 5.69 Å². The molecule has 6 nitrogen and oxygen atoms in total. The van der Waals surface area contributed by atoms with E-state index in [2.05, 4.69) is 0 Å². The van der Waals surface area contributed by atoms with Crippen LogP contribution >= 0.6 is 0 Å². The van der Waals surface area contributed by atoms with Gasteiger partial charge in [0.2, 0.25) is 0 Å². The lowest BCUT2D eigenvalue weighted by molar-refractivity contribution is 0.112. The van der Waals surface area contributed by atoms with Gasteiger partial charge in [-0.1, -0.05) is 0 Å². The van der Waals surface area contributed by atoms with Crippen molar-refractivity contribution in [3.05, 3.63) is 17.2 Å². The first kappa shape index (κ1) is 15.5. The maximum Gasteiger partial charge on any atom is 0.296 e. The van der Waals surface area contributed by atoms with E-state index in [1.807, 2.05) is 13.8 Å². The number of rotatable bonds is 5. The van der Waals surface area contributed by atoms with Crippen LogP contribution < -0.4 is 4.90 Å². The number of aldehydes is 1. The molecule has 0 unspecified atom stereocenters. The molecule has 7 heteroatoms. The molecule has 1 aromatic carbocycles. The number of hydrogen-bond donors (Lipinski definition) is 2. The molecule has 0 saturated carbocycles. The highest BCUT2D eigenvalue weighted by Gasteiger charge is 2.25. The Kier molecular flexibility index (Phi) is 4.54. The number of anilines is 1. The van der Waals surface area contributed by atoms with Gasteiger partial charge < -0.3 is 10.0 Å². The first-order valence-corrected chi connectivity index (χ1v) is 7.26. The zero-order valence-electron chi connectivity index (χ0n) is 11.0. The van der Waals surface area contributed by atoms with Gasteiger partial charge in [0.15, 0.2) is 6.29 Å². The fourth-order valence-electron chi connectivity index (χ4n) is 2.05. The molecule has 0 aliphatic rings. The minimum atomic E-state index is -4.49. The molecular formula is C12H17NO5S. The minimum Gasteiger partial charge on any atom is -0.507 e. The molecule has 0 spiro atoms. The number of nitrogens with zero attached hydrogens (tertiary/aromatic N) is 1. The lowest BCUT2D eigenvalue weighted by atomic mass is 10.1. The summed E-state index contributed by atoms with van der Waals surface area (Å²) in [4.78, 5) is 12.2. The highest BCUT2D eigenvalue weighted by Crippen LogP contribution is 2.35. The first-order chi connectivity index (χ1) is 8.77. The van der Waals surface area contributed by atoms with Gasteiger partial charge in [0, 0.05) is 19.2 Å². The van der Waals surface area contributed by atoms with Crippen molar-refractivity contribution in [1.82, 2.24) is 0 Å². The third-order valence-electron chi connectivity index (χ3n) is 3.01. The van der Waals surface area contributed by atoms with Crippen LogP contribution in [0.3, 0.4) is 0 Å². The summed E-state index contributed by atoms with van der Waals surface area (Å²) in [5.41, 5.74) is 0.0935. The molecule has 0 fully saturated rings. The van der Waals surface area contributed by atoms with Gasteiger partial charge in [-0.25, -0.2) is 0 Å². The molecule has 0 bridgehead atoms. The zero-order chi connectivity index (χ0) is 14.8. The van der Waals surface area contributed by atoms with Crippen molar-refractivity contribution in [2.24, 2.45) is 0 Å².